The number of esters is 1. The first-order valence-electron chi connectivity index (χ1n) is 13.1. The van der Waals surface area contributed by atoms with Gasteiger partial charge in [-0.1, -0.05) is 48.5 Å². The van der Waals surface area contributed by atoms with Crippen molar-refractivity contribution in [3.05, 3.63) is 66.2 Å². The van der Waals surface area contributed by atoms with E-state index in [1.54, 1.807) is 30.3 Å². The van der Waals surface area contributed by atoms with E-state index < -0.39 is 42.3 Å². The first-order chi connectivity index (χ1) is 19.4. The predicted octanol–water partition coefficient (Wildman–Crippen LogP) is 1.73. The summed E-state index contributed by atoms with van der Waals surface area (Å²) < 4.78 is 11.0. The second kappa shape index (κ2) is 12.0. The van der Waals surface area contributed by atoms with Crippen LogP contribution in [0.1, 0.15) is 31.2 Å². The van der Waals surface area contributed by atoms with E-state index in [9.17, 15) is 24.0 Å². The molecule has 0 spiro atoms. The molecule has 3 fully saturated rings. The van der Waals surface area contributed by atoms with E-state index in [1.807, 2.05) is 30.3 Å². The Hall–Kier alpha value is -4.65. The highest BCUT2D eigenvalue weighted by Gasteiger charge is 2.46. The number of carbonyl (C=O) groups is 5. The Bertz CT molecular complexity index is 1260. The van der Waals surface area contributed by atoms with Crippen molar-refractivity contribution < 1.29 is 33.4 Å². The number of anilines is 1. The van der Waals surface area contributed by atoms with Gasteiger partial charge >= 0.3 is 18.0 Å². The van der Waals surface area contributed by atoms with Gasteiger partial charge in [0.15, 0.2) is 0 Å². The molecule has 40 heavy (non-hydrogen) atoms. The maximum absolute atomic E-state index is 13.6. The molecule has 0 saturated carbocycles. The number of para-hydroxylation sites is 1. The van der Waals surface area contributed by atoms with Crippen LogP contribution in [0.15, 0.2) is 60.7 Å². The second-order valence-electron chi connectivity index (χ2n) is 9.61. The zero-order valence-electron chi connectivity index (χ0n) is 21.7. The minimum atomic E-state index is -1.05. The molecule has 0 aliphatic carbocycles. The summed E-state index contributed by atoms with van der Waals surface area (Å²) in [4.78, 5) is 64.6. The van der Waals surface area contributed by atoms with Crippen molar-refractivity contribution in [1.29, 1.82) is 0 Å². The van der Waals surface area contributed by atoms with Crippen LogP contribution in [0.4, 0.5) is 15.3 Å². The quantitative estimate of drug-likeness (QED) is 0.445. The number of ether oxygens (including phenoxy) is 2. The monoisotopic (exact) mass is 550 g/mol. The summed E-state index contributed by atoms with van der Waals surface area (Å²) in [6.07, 6.45) is -0.367. The van der Waals surface area contributed by atoms with E-state index in [0.717, 1.165) is 15.6 Å². The molecule has 0 radical (unpaired) electrons. The first-order valence-corrected chi connectivity index (χ1v) is 13.1. The van der Waals surface area contributed by atoms with Gasteiger partial charge in [-0.15, -0.1) is 0 Å². The van der Waals surface area contributed by atoms with Crippen LogP contribution in [0.5, 0.6) is 0 Å². The number of cyclic esters (lactones) is 1. The molecule has 0 aromatic heterocycles. The van der Waals surface area contributed by atoms with Gasteiger partial charge in [-0.25, -0.2) is 30.0 Å². The molecule has 1 unspecified atom stereocenters. The summed E-state index contributed by atoms with van der Waals surface area (Å²) >= 11 is 0. The lowest BCUT2D eigenvalue weighted by atomic mass is 10.1. The maximum Gasteiger partial charge on any atom is 0.358 e. The van der Waals surface area contributed by atoms with Crippen LogP contribution in [0.3, 0.4) is 0 Å². The molecule has 3 atom stereocenters. The molecular formula is C27H30N6O7. The third-order valence-electron chi connectivity index (χ3n) is 6.79. The minimum absolute atomic E-state index is 0.0391. The van der Waals surface area contributed by atoms with Crippen LogP contribution >= 0.6 is 0 Å². The fourth-order valence-electron chi connectivity index (χ4n) is 4.86. The molecule has 0 bridgehead atoms. The average Bonchev–Trinajstić information content (AvgIpc) is 3.26. The van der Waals surface area contributed by atoms with E-state index in [2.05, 4.69) is 16.1 Å². The number of amides is 6. The highest BCUT2D eigenvalue weighted by Crippen LogP contribution is 2.25. The topological polar surface area (TPSA) is 150 Å². The molecule has 3 heterocycles. The number of hydrazine groups is 2. The van der Waals surface area contributed by atoms with Crippen molar-refractivity contribution in [3.8, 4) is 0 Å². The van der Waals surface area contributed by atoms with Crippen LogP contribution in [0, 0.1) is 0 Å². The summed E-state index contributed by atoms with van der Waals surface area (Å²) in [6, 6.07) is 14.8. The van der Waals surface area contributed by atoms with E-state index in [1.165, 1.54) is 5.01 Å². The lowest BCUT2D eigenvalue weighted by Crippen LogP contribution is -2.65. The third-order valence-corrected chi connectivity index (χ3v) is 6.79. The highest BCUT2D eigenvalue weighted by molar-refractivity contribution is 5.94. The largest absolute Gasteiger partial charge is 0.433 e. The maximum atomic E-state index is 13.6. The van der Waals surface area contributed by atoms with Gasteiger partial charge in [-0.2, -0.15) is 0 Å². The van der Waals surface area contributed by atoms with Gasteiger partial charge in [-0.3, -0.25) is 14.4 Å². The van der Waals surface area contributed by atoms with E-state index >= 15 is 0 Å². The Kier molecular flexibility index (Phi) is 8.10. The summed E-state index contributed by atoms with van der Waals surface area (Å²) in [5, 5.41) is 8.78. The van der Waals surface area contributed by atoms with Crippen LogP contribution in [0.2, 0.25) is 0 Å². The lowest BCUT2D eigenvalue weighted by Gasteiger charge is -2.43. The molecule has 3 aliphatic heterocycles. The van der Waals surface area contributed by atoms with Crippen LogP contribution in [-0.4, -0.2) is 76.3 Å². The van der Waals surface area contributed by atoms with Crippen molar-refractivity contribution >= 4 is 35.5 Å². The number of hydrogen-bond donors (Lipinski definition) is 3. The molecule has 13 nitrogen and oxygen atoms in total. The Morgan fingerprint density at radius 2 is 1.70 bits per heavy atom. The average molecular weight is 551 g/mol. The minimum Gasteiger partial charge on any atom is -0.433 e. The lowest BCUT2D eigenvalue weighted by molar-refractivity contribution is -0.169. The predicted molar refractivity (Wildman–Crippen MR) is 140 cm³/mol. The second-order valence-corrected chi connectivity index (χ2v) is 9.61. The van der Waals surface area contributed by atoms with Gasteiger partial charge in [0.05, 0.1) is 19.6 Å². The molecule has 3 saturated heterocycles. The molecular weight excluding hydrogens is 520 g/mol. The Morgan fingerprint density at radius 3 is 2.45 bits per heavy atom. The van der Waals surface area contributed by atoms with Crippen molar-refractivity contribution in [3.63, 3.8) is 0 Å². The van der Waals surface area contributed by atoms with Crippen molar-refractivity contribution in [2.75, 3.05) is 18.4 Å². The van der Waals surface area contributed by atoms with E-state index in [-0.39, 0.29) is 44.9 Å². The Labute approximate surface area is 230 Å². The summed E-state index contributed by atoms with van der Waals surface area (Å²) in [6.45, 7) is 0.362. The molecule has 5 rings (SSSR count). The van der Waals surface area contributed by atoms with E-state index in [0.29, 0.717) is 12.1 Å². The number of nitrogens with zero attached hydrogens (tertiary/aromatic N) is 3. The Balaban J connectivity index is 1.26. The van der Waals surface area contributed by atoms with Crippen LogP contribution in [-0.2, 0) is 30.5 Å². The fourth-order valence-corrected chi connectivity index (χ4v) is 4.86. The highest BCUT2D eigenvalue weighted by atomic mass is 16.7. The third kappa shape index (κ3) is 6.15. The standard InChI is InChI=1S/C27H30N6O7/c34-22-13-15-31(30-26(37)28-19-10-5-2-6-11-19)27(38)33-21(12-7-14-32(22)33)24(36)29-20-16-23(35)40-25(20)39-17-18-8-3-1-4-9-18/h1-6,8-11,20-21,25H,7,12-17H2,(H,29,36)(H2,28,30,37)/t20-,21-,25?/m0/s1. The van der Waals surface area contributed by atoms with Crippen molar-refractivity contribution in [2.45, 2.75) is 50.7 Å². The van der Waals surface area contributed by atoms with E-state index in [4.69, 9.17) is 9.47 Å². The number of carbonyl (C=O) groups excluding carboxylic acids is 5. The number of urea groups is 2. The zero-order valence-corrected chi connectivity index (χ0v) is 21.7. The number of nitrogens with one attached hydrogen (secondary N) is 3. The summed E-state index contributed by atoms with van der Waals surface area (Å²) in [5.74, 6) is -1.42. The number of rotatable bonds is 7. The smallest absolute Gasteiger partial charge is 0.358 e. The van der Waals surface area contributed by atoms with Gasteiger partial charge in [-0.05, 0) is 30.5 Å². The zero-order chi connectivity index (χ0) is 28.1. The number of fused-ring (bicyclic) bond motifs is 1. The normalized spacial score (nSPS) is 22.8. The molecule has 13 heteroatoms. The first kappa shape index (κ1) is 26.9. The molecule has 210 valence electrons. The Morgan fingerprint density at radius 1 is 0.975 bits per heavy atom. The van der Waals surface area contributed by atoms with Crippen molar-refractivity contribution in [2.24, 2.45) is 0 Å². The number of hydrogen-bond acceptors (Lipinski definition) is 7. The fraction of sp³-hybridized carbons (Fsp3) is 0.370. The summed E-state index contributed by atoms with van der Waals surface area (Å²) in [7, 11) is 0. The SMILES string of the molecule is O=C(Nc1ccccc1)NN1CCC(=O)N2CCC[C@@H](C(=O)N[C@H]3CC(=O)OC3OCc3ccccc3)N2C1=O. The van der Waals surface area contributed by atoms with Gasteiger partial charge in [0.25, 0.3) is 0 Å². The van der Waals surface area contributed by atoms with Crippen LogP contribution < -0.4 is 16.1 Å². The van der Waals surface area contributed by atoms with Gasteiger partial charge in [0.2, 0.25) is 18.1 Å². The van der Waals surface area contributed by atoms with Crippen molar-refractivity contribution in [1.82, 2.24) is 25.8 Å². The van der Waals surface area contributed by atoms with Crippen LogP contribution in [0.25, 0.3) is 0 Å². The molecule has 3 aliphatic rings. The molecule has 2 aromatic rings. The molecule has 3 N–H and O–H groups in total. The molecule has 6 amide bonds. The molecule has 2 aromatic carbocycles. The number of benzene rings is 2. The summed E-state index contributed by atoms with van der Waals surface area (Å²) in [5.41, 5.74) is 3.88. The van der Waals surface area contributed by atoms with Gasteiger partial charge < -0.3 is 20.1 Å². The van der Waals surface area contributed by atoms with Gasteiger partial charge in [0.1, 0.15) is 12.1 Å². The van der Waals surface area contributed by atoms with Gasteiger partial charge in [0, 0.05) is 18.7 Å².